The minimum Gasteiger partial charge on any atom is -0.392 e. The highest BCUT2D eigenvalue weighted by Crippen LogP contribution is 2.12. The second-order valence-electron chi connectivity index (χ2n) is 3.82. The van der Waals surface area contributed by atoms with Crippen molar-refractivity contribution in [2.24, 2.45) is 5.73 Å². The highest BCUT2D eigenvalue weighted by atomic mass is 32.1. The molecule has 0 spiro atoms. The molecule has 2 N–H and O–H groups in total. The van der Waals surface area contributed by atoms with Gasteiger partial charge >= 0.3 is 0 Å². The second-order valence-corrected chi connectivity index (χ2v) is 5.41. The van der Waals surface area contributed by atoms with E-state index in [0.717, 1.165) is 17.2 Å². The SMILES string of the molecule is Cc1nc(CN(CC(N)=S)C(C)C)cs1. The number of thiocarbonyl (C=S) groups is 1. The van der Waals surface area contributed by atoms with Crippen LogP contribution in [0.1, 0.15) is 24.5 Å². The van der Waals surface area contributed by atoms with Gasteiger partial charge in [-0.2, -0.15) is 0 Å². The molecule has 0 unspecified atom stereocenters. The van der Waals surface area contributed by atoms with Crippen LogP contribution in [0.15, 0.2) is 5.38 Å². The van der Waals surface area contributed by atoms with Gasteiger partial charge in [-0.3, -0.25) is 4.90 Å². The van der Waals surface area contributed by atoms with E-state index in [-0.39, 0.29) is 0 Å². The average Bonchev–Trinajstić information content (AvgIpc) is 2.49. The van der Waals surface area contributed by atoms with E-state index >= 15 is 0 Å². The van der Waals surface area contributed by atoms with Crippen molar-refractivity contribution in [3.05, 3.63) is 16.1 Å². The Balaban J connectivity index is 2.62. The number of aromatic nitrogens is 1. The van der Waals surface area contributed by atoms with Crippen LogP contribution in [-0.2, 0) is 6.54 Å². The topological polar surface area (TPSA) is 42.2 Å². The minimum atomic E-state index is 0.425. The van der Waals surface area contributed by atoms with Crippen molar-refractivity contribution >= 4 is 28.5 Å². The Kier molecular flexibility index (Phi) is 4.63. The molecule has 0 amide bonds. The normalized spacial score (nSPS) is 11.3. The van der Waals surface area contributed by atoms with E-state index in [4.69, 9.17) is 18.0 Å². The van der Waals surface area contributed by atoms with Gasteiger partial charge in [0.05, 0.1) is 15.7 Å². The summed E-state index contributed by atoms with van der Waals surface area (Å²) in [6.07, 6.45) is 0. The Morgan fingerprint density at radius 2 is 2.33 bits per heavy atom. The number of rotatable bonds is 5. The van der Waals surface area contributed by atoms with Crippen molar-refractivity contribution in [3.8, 4) is 0 Å². The molecule has 0 aliphatic heterocycles. The molecule has 1 heterocycles. The van der Waals surface area contributed by atoms with Gasteiger partial charge in [-0.05, 0) is 20.8 Å². The molecule has 5 heteroatoms. The maximum absolute atomic E-state index is 5.56. The molecule has 0 aliphatic rings. The van der Waals surface area contributed by atoms with E-state index in [1.165, 1.54) is 0 Å². The predicted molar refractivity (Wildman–Crippen MR) is 69.2 cm³/mol. The van der Waals surface area contributed by atoms with Gasteiger partial charge in [-0.25, -0.2) is 4.98 Å². The van der Waals surface area contributed by atoms with Crippen LogP contribution < -0.4 is 5.73 Å². The van der Waals surface area contributed by atoms with Gasteiger partial charge < -0.3 is 5.73 Å². The molecule has 0 bridgehead atoms. The zero-order chi connectivity index (χ0) is 11.4. The molecule has 1 aromatic heterocycles. The summed E-state index contributed by atoms with van der Waals surface area (Å²) in [6.45, 7) is 7.76. The largest absolute Gasteiger partial charge is 0.392 e. The lowest BCUT2D eigenvalue weighted by Gasteiger charge is -2.24. The first-order chi connectivity index (χ1) is 6.99. The zero-order valence-corrected chi connectivity index (χ0v) is 11.0. The zero-order valence-electron chi connectivity index (χ0n) is 9.36. The molecular formula is C10H17N3S2. The van der Waals surface area contributed by atoms with Gasteiger partial charge in [0, 0.05) is 24.5 Å². The summed E-state index contributed by atoms with van der Waals surface area (Å²) in [7, 11) is 0. The van der Waals surface area contributed by atoms with Gasteiger partial charge in [0.1, 0.15) is 0 Å². The number of hydrogen-bond acceptors (Lipinski definition) is 4. The summed E-state index contributed by atoms with van der Waals surface area (Å²) >= 11 is 6.61. The van der Waals surface area contributed by atoms with E-state index in [2.05, 4.69) is 29.1 Å². The Morgan fingerprint density at radius 1 is 1.67 bits per heavy atom. The van der Waals surface area contributed by atoms with E-state index in [0.29, 0.717) is 17.6 Å². The van der Waals surface area contributed by atoms with E-state index < -0.39 is 0 Å². The van der Waals surface area contributed by atoms with Crippen LogP contribution in [0.25, 0.3) is 0 Å². The summed E-state index contributed by atoms with van der Waals surface area (Å²) in [5.41, 5.74) is 6.66. The predicted octanol–water partition coefficient (Wildman–Crippen LogP) is 1.95. The fourth-order valence-electron chi connectivity index (χ4n) is 1.31. The Hall–Kier alpha value is -0.520. The van der Waals surface area contributed by atoms with E-state index in [1.807, 2.05) is 6.92 Å². The summed E-state index contributed by atoms with van der Waals surface area (Å²) in [5.74, 6) is 0. The summed E-state index contributed by atoms with van der Waals surface area (Å²) < 4.78 is 0. The van der Waals surface area contributed by atoms with Crippen LogP contribution in [-0.4, -0.2) is 27.5 Å². The number of nitrogens with zero attached hydrogens (tertiary/aromatic N) is 2. The Bertz CT molecular complexity index is 333. The van der Waals surface area contributed by atoms with Crippen molar-refractivity contribution in [1.29, 1.82) is 0 Å². The first-order valence-electron chi connectivity index (χ1n) is 4.92. The van der Waals surface area contributed by atoms with Gasteiger partial charge in [-0.1, -0.05) is 12.2 Å². The number of nitrogens with two attached hydrogens (primary N) is 1. The molecule has 84 valence electrons. The third-order valence-corrected chi connectivity index (χ3v) is 3.07. The molecule has 0 radical (unpaired) electrons. The lowest BCUT2D eigenvalue weighted by atomic mass is 10.3. The van der Waals surface area contributed by atoms with Crippen molar-refractivity contribution in [1.82, 2.24) is 9.88 Å². The quantitative estimate of drug-likeness (QED) is 0.803. The molecule has 0 aromatic carbocycles. The Morgan fingerprint density at radius 3 is 2.73 bits per heavy atom. The average molecular weight is 243 g/mol. The standard InChI is InChI=1S/C10H17N3S2/c1-7(2)13(5-10(11)14)4-9-6-15-8(3)12-9/h6-7H,4-5H2,1-3H3,(H2,11,14). The molecule has 3 nitrogen and oxygen atoms in total. The molecule has 0 aliphatic carbocycles. The number of hydrogen-bond donors (Lipinski definition) is 1. The number of thiazole rings is 1. The van der Waals surface area contributed by atoms with Crippen molar-refractivity contribution < 1.29 is 0 Å². The van der Waals surface area contributed by atoms with E-state index in [9.17, 15) is 0 Å². The third kappa shape index (κ3) is 4.24. The molecule has 15 heavy (non-hydrogen) atoms. The first kappa shape index (κ1) is 12.5. The fourth-order valence-corrected chi connectivity index (χ4v) is 2.08. The fraction of sp³-hybridized carbons (Fsp3) is 0.600. The molecule has 0 atom stereocenters. The summed E-state index contributed by atoms with van der Waals surface area (Å²) in [4.78, 5) is 7.19. The maximum Gasteiger partial charge on any atom is 0.0897 e. The minimum absolute atomic E-state index is 0.425. The molecule has 0 saturated carbocycles. The van der Waals surface area contributed by atoms with Gasteiger partial charge in [-0.15, -0.1) is 11.3 Å². The van der Waals surface area contributed by atoms with E-state index in [1.54, 1.807) is 11.3 Å². The van der Waals surface area contributed by atoms with Crippen LogP contribution in [0.4, 0.5) is 0 Å². The van der Waals surface area contributed by atoms with Crippen LogP contribution in [0.2, 0.25) is 0 Å². The first-order valence-corrected chi connectivity index (χ1v) is 6.21. The highest BCUT2D eigenvalue weighted by Gasteiger charge is 2.12. The molecule has 1 aromatic rings. The van der Waals surface area contributed by atoms with Crippen molar-refractivity contribution in [3.63, 3.8) is 0 Å². The van der Waals surface area contributed by atoms with Crippen LogP contribution in [0.5, 0.6) is 0 Å². The number of aryl methyl sites for hydroxylation is 1. The highest BCUT2D eigenvalue weighted by molar-refractivity contribution is 7.80. The molecule has 1 rings (SSSR count). The van der Waals surface area contributed by atoms with Gasteiger partial charge in [0.15, 0.2) is 0 Å². The van der Waals surface area contributed by atoms with Crippen molar-refractivity contribution in [2.45, 2.75) is 33.4 Å². The Labute approximate surface area is 100 Å². The molecule has 0 fully saturated rings. The second kappa shape index (κ2) is 5.53. The van der Waals surface area contributed by atoms with Crippen LogP contribution in [0.3, 0.4) is 0 Å². The van der Waals surface area contributed by atoms with Gasteiger partial charge in [0.2, 0.25) is 0 Å². The third-order valence-electron chi connectivity index (χ3n) is 2.12. The summed E-state index contributed by atoms with van der Waals surface area (Å²) in [6, 6.07) is 0.425. The summed E-state index contributed by atoms with van der Waals surface area (Å²) in [5, 5.41) is 3.19. The van der Waals surface area contributed by atoms with Crippen LogP contribution >= 0.6 is 23.6 Å². The monoisotopic (exact) mass is 243 g/mol. The lowest BCUT2D eigenvalue weighted by molar-refractivity contribution is 0.243. The smallest absolute Gasteiger partial charge is 0.0897 e. The van der Waals surface area contributed by atoms with Crippen molar-refractivity contribution in [2.75, 3.05) is 6.54 Å². The van der Waals surface area contributed by atoms with Gasteiger partial charge in [0.25, 0.3) is 0 Å². The van der Waals surface area contributed by atoms with Crippen LogP contribution in [0, 0.1) is 6.92 Å². The molecule has 0 saturated heterocycles. The maximum atomic E-state index is 5.56. The lowest BCUT2D eigenvalue weighted by Crippen LogP contribution is -2.37. The molecular weight excluding hydrogens is 226 g/mol.